The van der Waals surface area contributed by atoms with Crippen LogP contribution in [0.5, 0.6) is 0 Å². The lowest BCUT2D eigenvalue weighted by atomic mass is 10.0. The van der Waals surface area contributed by atoms with E-state index in [1.165, 1.54) is 160 Å². The molecule has 0 saturated carbocycles. The van der Waals surface area contributed by atoms with Crippen LogP contribution >= 0.6 is 12.2 Å². The van der Waals surface area contributed by atoms with Crippen LogP contribution in [0.1, 0.15) is 167 Å². The number of ether oxygens (including phenoxy) is 1. The third-order valence-electron chi connectivity index (χ3n) is 8.80. The van der Waals surface area contributed by atoms with E-state index in [0.29, 0.717) is 11.2 Å². The minimum absolute atomic E-state index is 0.404. The fraction of sp³-hybridized carbons (Fsp3) is 0.763. The summed E-state index contributed by atoms with van der Waals surface area (Å²) in [7, 11) is 0. The quantitative estimate of drug-likeness (QED) is 0.0553. The molecule has 1 saturated heterocycles. The molecule has 1 atom stereocenters. The lowest BCUT2D eigenvalue weighted by molar-refractivity contribution is 0.304. The van der Waals surface area contributed by atoms with E-state index < -0.39 is 0 Å². The molecule has 0 radical (unpaired) electrons. The Labute approximate surface area is 261 Å². The zero-order chi connectivity index (χ0) is 29.1. The number of nitrogens with zero attached hydrogens (tertiary/aromatic N) is 1. The van der Waals surface area contributed by atoms with E-state index >= 15 is 0 Å². The molecule has 41 heavy (non-hydrogen) atoms. The van der Waals surface area contributed by atoms with Crippen molar-refractivity contribution >= 4 is 17.4 Å². The van der Waals surface area contributed by atoms with Crippen LogP contribution in [0.15, 0.2) is 42.5 Å². The smallest absolute Gasteiger partial charge is 0.259 e. The summed E-state index contributed by atoms with van der Waals surface area (Å²) >= 11 is 5.48. The van der Waals surface area contributed by atoms with Gasteiger partial charge in [-0.25, -0.2) is 0 Å². The number of hydrogen-bond acceptors (Lipinski definition) is 2. The van der Waals surface area contributed by atoms with Crippen molar-refractivity contribution in [3.05, 3.63) is 48.0 Å². The standard InChI is InChI=1S/C38H65NOS/c1-2-3-4-5-6-7-8-9-10-11-12-13-14-15-16-17-18-19-20-21-22-23-24-25-26-30-33-39-37(35-40-38(39)41)34-36-31-28-27-29-32-36/h9-10,27-29,31-32,37H,2-8,11-26,30,33-35H2,1H3/b10-9-/t37-/m0/s1. The van der Waals surface area contributed by atoms with Crippen molar-refractivity contribution in [3.63, 3.8) is 0 Å². The second kappa shape index (κ2) is 26.3. The fourth-order valence-electron chi connectivity index (χ4n) is 6.12. The molecule has 0 spiro atoms. The zero-order valence-corrected chi connectivity index (χ0v) is 27.8. The summed E-state index contributed by atoms with van der Waals surface area (Å²) in [4.78, 5) is 2.33. The highest BCUT2D eigenvalue weighted by Crippen LogP contribution is 2.19. The molecule has 3 heteroatoms. The van der Waals surface area contributed by atoms with E-state index in [0.717, 1.165) is 19.6 Å². The molecule has 1 aliphatic rings. The minimum Gasteiger partial charge on any atom is -0.469 e. The number of rotatable bonds is 28. The van der Waals surface area contributed by atoms with Gasteiger partial charge in [-0.05, 0) is 56.3 Å². The van der Waals surface area contributed by atoms with Crippen molar-refractivity contribution < 1.29 is 4.74 Å². The van der Waals surface area contributed by atoms with Gasteiger partial charge in [0.05, 0.1) is 6.04 Å². The van der Waals surface area contributed by atoms with Crippen LogP contribution in [0.25, 0.3) is 0 Å². The van der Waals surface area contributed by atoms with E-state index in [1.807, 2.05) is 0 Å². The second-order valence-corrected chi connectivity index (χ2v) is 12.9. The van der Waals surface area contributed by atoms with Crippen molar-refractivity contribution in [2.24, 2.45) is 0 Å². The van der Waals surface area contributed by atoms with Crippen LogP contribution in [-0.4, -0.2) is 29.3 Å². The van der Waals surface area contributed by atoms with Crippen molar-refractivity contribution in [2.45, 2.75) is 173 Å². The normalized spacial score (nSPS) is 15.3. The van der Waals surface area contributed by atoms with Gasteiger partial charge in [-0.15, -0.1) is 0 Å². The monoisotopic (exact) mass is 583 g/mol. The van der Waals surface area contributed by atoms with Crippen LogP contribution in [0.4, 0.5) is 0 Å². The van der Waals surface area contributed by atoms with Gasteiger partial charge < -0.3 is 9.64 Å². The van der Waals surface area contributed by atoms with Crippen LogP contribution in [0.3, 0.4) is 0 Å². The molecular formula is C38H65NOS. The van der Waals surface area contributed by atoms with Gasteiger partial charge >= 0.3 is 0 Å². The molecule has 0 aromatic heterocycles. The first-order chi connectivity index (χ1) is 20.3. The molecule has 0 bridgehead atoms. The first-order valence-electron chi connectivity index (χ1n) is 17.9. The number of hydrogen-bond donors (Lipinski definition) is 0. The van der Waals surface area contributed by atoms with Crippen molar-refractivity contribution in [3.8, 4) is 0 Å². The number of allylic oxidation sites excluding steroid dienone is 2. The third-order valence-corrected chi connectivity index (χ3v) is 9.15. The van der Waals surface area contributed by atoms with Gasteiger partial charge in [-0.3, -0.25) is 0 Å². The first-order valence-corrected chi connectivity index (χ1v) is 18.3. The maximum Gasteiger partial charge on any atom is 0.259 e. The Kier molecular flexibility index (Phi) is 23.0. The molecule has 0 N–H and O–H groups in total. The maximum absolute atomic E-state index is 5.72. The van der Waals surface area contributed by atoms with Crippen molar-refractivity contribution in [1.29, 1.82) is 0 Å². The van der Waals surface area contributed by atoms with Gasteiger partial charge in [-0.1, -0.05) is 171 Å². The molecule has 1 aliphatic heterocycles. The van der Waals surface area contributed by atoms with Crippen LogP contribution < -0.4 is 0 Å². The molecular weight excluding hydrogens is 518 g/mol. The summed E-state index contributed by atoms with van der Waals surface area (Å²) in [6.45, 7) is 4.08. The molecule has 234 valence electrons. The lowest BCUT2D eigenvalue weighted by Crippen LogP contribution is -2.35. The highest BCUT2D eigenvalue weighted by atomic mass is 32.1. The van der Waals surface area contributed by atoms with Gasteiger partial charge in [0.2, 0.25) is 0 Å². The van der Waals surface area contributed by atoms with E-state index in [9.17, 15) is 0 Å². The summed E-state index contributed by atoms with van der Waals surface area (Å²) in [5.74, 6) is 0. The third kappa shape index (κ3) is 19.5. The Morgan fingerprint density at radius 3 is 1.56 bits per heavy atom. The Morgan fingerprint density at radius 1 is 0.634 bits per heavy atom. The summed E-state index contributed by atoms with van der Waals surface area (Å²) in [5.41, 5.74) is 1.37. The van der Waals surface area contributed by atoms with Crippen LogP contribution in [0.2, 0.25) is 0 Å². The number of thiocarbonyl (C=S) groups is 1. The number of unbranched alkanes of at least 4 members (excludes halogenated alkanes) is 22. The maximum atomic E-state index is 5.72. The fourth-order valence-corrected chi connectivity index (χ4v) is 6.42. The Morgan fingerprint density at radius 2 is 1.07 bits per heavy atom. The molecule has 0 unspecified atom stereocenters. The van der Waals surface area contributed by atoms with E-state index in [2.05, 4.69) is 54.3 Å². The molecule has 0 aliphatic carbocycles. The minimum atomic E-state index is 0.404. The van der Waals surface area contributed by atoms with E-state index in [4.69, 9.17) is 17.0 Å². The Balaban J connectivity index is 1.26. The predicted molar refractivity (Wildman–Crippen MR) is 185 cm³/mol. The molecule has 1 fully saturated rings. The Hall–Kier alpha value is -1.35. The van der Waals surface area contributed by atoms with E-state index in [1.54, 1.807) is 0 Å². The highest BCUT2D eigenvalue weighted by Gasteiger charge is 2.29. The zero-order valence-electron chi connectivity index (χ0n) is 27.0. The average Bonchev–Trinajstić information content (AvgIpc) is 3.33. The molecule has 1 aromatic carbocycles. The topological polar surface area (TPSA) is 12.5 Å². The Bertz CT molecular complexity index is 748. The largest absolute Gasteiger partial charge is 0.469 e. The van der Waals surface area contributed by atoms with Gasteiger partial charge in [0.15, 0.2) is 0 Å². The summed E-state index contributed by atoms with van der Waals surface area (Å²) in [6.07, 6.45) is 39.5. The van der Waals surface area contributed by atoms with Crippen LogP contribution in [-0.2, 0) is 11.2 Å². The molecule has 2 nitrogen and oxygen atoms in total. The lowest BCUT2D eigenvalue weighted by Gasteiger charge is -2.23. The van der Waals surface area contributed by atoms with Crippen molar-refractivity contribution in [2.75, 3.05) is 13.2 Å². The summed E-state index contributed by atoms with van der Waals surface area (Å²) in [5, 5.41) is 0.711. The highest BCUT2D eigenvalue weighted by molar-refractivity contribution is 7.80. The molecule has 1 heterocycles. The average molecular weight is 584 g/mol. The SMILES string of the molecule is CCCCCCCC/C=C\CCCCCCCCCCCCCCCCCCN1C(=S)OC[C@@H]1Cc1ccccc1. The van der Waals surface area contributed by atoms with Gasteiger partial charge in [0.1, 0.15) is 6.61 Å². The van der Waals surface area contributed by atoms with Crippen LogP contribution in [0, 0.1) is 0 Å². The predicted octanol–water partition coefficient (Wildman–Crippen LogP) is 12.2. The number of benzene rings is 1. The first kappa shape index (κ1) is 35.8. The molecule has 1 aromatic rings. The summed E-state index contributed by atoms with van der Waals surface area (Å²) in [6, 6.07) is 11.1. The molecule has 0 amide bonds. The van der Waals surface area contributed by atoms with Crippen molar-refractivity contribution in [1.82, 2.24) is 4.90 Å². The second-order valence-electron chi connectivity index (χ2n) is 12.6. The van der Waals surface area contributed by atoms with Gasteiger partial charge in [0, 0.05) is 6.54 Å². The molecule has 2 rings (SSSR count). The van der Waals surface area contributed by atoms with E-state index in [-0.39, 0.29) is 0 Å². The summed E-state index contributed by atoms with van der Waals surface area (Å²) < 4.78 is 5.72. The van der Waals surface area contributed by atoms with Gasteiger partial charge in [0.25, 0.3) is 5.17 Å². The van der Waals surface area contributed by atoms with Gasteiger partial charge in [-0.2, -0.15) is 0 Å².